The maximum atomic E-state index is 12.0. The Hall–Kier alpha value is -1.69. The Balaban J connectivity index is 2.61. The molecule has 106 valence electrons. The molecule has 1 atom stereocenters. The summed E-state index contributed by atoms with van der Waals surface area (Å²) in [6, 6.07) is 6.18. The summed E-state index contributed by atoms with van der Waals surface area (Å²) in [5.41, 5.74) is -0.137. The number of carbonyl (C=O) groups is 1. The van der Waals surface area contributed by atoms with Crippen LogP contribution in [0.2, 0.25) is 0 Å². The number of hydrogen-bond acceptors (Lipinski definition) is 3. The van der Waals surface area contributed by atoms with Crippen LogP contribution in [0.5, 0.6) is 5.75 Å². The number of hydrogen-bond donors (Lipinski definition) is 2. The van der Waals surface area contributed by atoms with Gasteiger partial charge in [0.05, 0.1) is 0 Å². The lowest BCUT2D eigenvalue weighted by molar-refractivity contribution is -0.144. The van der Waals surface area contributed by atoms with Crippen LogP contribution in [0.25, 0.3) is 0 Å². The fourth-order valence-electron chi connectivity index (χ4n) is 1.57. The van der Waals surface area contributed by atoms with Gasteiger partial charge in [0.1, 0.15) is 11.3 Å². The molecule has 2 N–H and O–H groups in total. The summed E-state index contributed by atoms with van der Waals surface area (Å²) in [6.07, 6.45) is 0.923. The van der Waals surface area contributed by atoms with Gasteiger partial charge in [0.2, 0.25) is 0 Å². The molecule has 0 radical (unpaired) electrons. The molecule has 0 heterocycles. The number of aliphatic carboxylic acids is 1. The topological polar surface area (TPSA) is 58.6 Å². The first-order valence-electron chi connectivity index (χ1n) is 5.83. The predicted molar refractivity (Wildman–Crippen MR) is 66.5 cm³/mol. The number of rotatable bonds is 7. The smallest absolute Gasteiger partial charge is 0.387 e. The molecular weight excluding hydrogens is 256 g/mol. The third-order valence-corrected chi connectivity index (χ3v) is 3.09. The Bertz CT molecular complexity index is 422. The normalized spacial score (nSPS) is 14.2. The van der Waals surface area contributed by atoms with Gasteiger partial charge in [0.25, 0.3) is 0 Å². The maximum absolute atomic E-state index is 12.0. The summed E-state index contributed by atoms with van der Waals surface area (Å²) in [5.74, 6) is -0.832. The van der Waals surface area contributed by atoms with Gasteiger partial charge in [-0.05, 0) is 44.5 Å². The van der Waals surface area contributed by atoms with E-state index in [0.717, 1.165) is 5.56 Å². The second-order valence-corrected chi connectivity index (χ2v) is 4.41. The number of nitrogens with one attached hydrogen (secondary N) is 1. The average molecular weight is 273 g/mol. The number of likely N-dealkylation sites (N-methyl/N-ethyl adjacent to an activating group) is 1. The van der Waals surface area contributed by atoms with E-state index in [1.54, 1.807) is 26.1 Å². The fraction of sp³-hybridized carbons (Fsp3) is 0.462. The van der Waals surface area contributed by atoms with E-state index in [9.17, 15) is 13.6 Å². The van der Waals surface area contributed by atoms with Crippen molar-refractivity contribution < 1.29 is 23.4 Å². The van der Waals surface area contributed by atoms with Crippen molar-refractivity contribution in [1.29, 1.82) is 0 Å². The highest BCUT2D eigenvalue weighted by molar-refractivity contribution is 5.78. The average Bonchev–Trinajstić information content (AvgIpc) is 2.36. The van der Waals surface area contributed by atoms with Crippen molar-refractivity contribution in [2.45, 2.75) is 31.9 Å². The molecule has 1 aromatic carbocycles. The lowest BCUT2D eigenvalue weighted by Crippen LogP contribution is -2.47. The Kier molecular flexibility index (Phi) is 5.23. The zero-order valence-corrected chi connectivity index (χ0v) is 10.8. The Morgan fingerprint density at radius 1 is 1.42 bits per heavy atom. The van der Waals surface area contributed by atoms with Gasteiger partial charge in [-0.3, -0.25) is 4.79 Å². The molecule has 4 nitrogen and oxygen atoms in total. The summed E-state index contributed by atoms with van der Waals surface area (Å²) < 4.78 is 28.2. The highest BCUT2D eigenvalue weighted by Gasteiger charge is 2.30. The zero-order valence-electron chi connectivity index (χ0n) is 10.8. The summed E-state index contributed by atoms with van der Waals surface area (Å²) in [4.78, 5) is 11.1. The maximum Gasteiger partial charge on any atom is 0.387 e. The molecule has 1 rings (SSSR count). The minimum Gasteiger partial charge on any atom is -0.480 e. The second kappa shape index (κ2) is 6.47. The number of aryl methyl sites for hydroxylation is 1. The van der Waals surface area contributed by atoms with Crippen LogP contribution < -0.4 is 10.1 Å². The van der Waals surface area contributed by atoms with E-state index in [0.29, 0.717) is 12.8 Å². The molecule has 0 bridgehead atoms. The molecule has 0 fully saturated rings. The zero-order chi connectivity index (χ0) is 14.5. The Morgan fingerprint density at radius 2 is 2.00 bits per heavy atom. The molecule has 0 amide bonds. The van der Waals surface area contributed by atoms with E-state index in [-0.39, 0.29) is 5.75 Å². The minimum atomic E-state index is -2.84. The highest BCUT2D eigenvalue weighted by Crippen LogP contribution is 2.18. The number of halogens is 2. The SMILES string of the molecule is CNC(C)(CCc1ccc(OC(F)F)cc1)C(=O)O. The van der Waals surface area contributed by atoms with Crippen LogP contribution in [-0.2, 0) is 11.2 Å². The lowest BCUT2D eigenvalue weighted by Gasteiger charge is -2.24. The van der Waals surface area contributed by atoms with Crippen molar-refractivity contribution in [3.8, 4) is 5.75 Å². The van der Waals surface area contributed by atoms with Crippen molar-refractivity contribution in [3.63, 3.8) is 0 Å². The van der Waals surface area contributed by atoms with Gasteiger partial charge in [-0.1, -0.05) is 12.1 Å². The highest BCUT2D eigenvalue weighted by atomic mass is 19.3. The van der Waals surface area contributed by atoms with E-state index < -0.39 is 18.1 Å². The third-order valence-electron chi connectivity index (χ3n) is 3.09. The van der Waals surface area contributed by atoms with Crippen LogP contribution >= 0.6 is 0 Å². The molecule has 1 unspecified atom stereocenters. The Labute approximate surface area is 110 Å². The van der Waals surface area contributed by atoms with E-state index in [1.807, 2.05) is 0 Å². The minimum absolute atomic E-state index is 0.0911. The molecule has 0 aliphatic heterocycles. The van der Waals surface area contributed by atoms with Crippen molar-refractivity contribution >= 4 is 5.97 Å². The second-order valence-electron chi connectivity index (χ2n) is 4.41. The van der Waals surface area contributed by atoms with Crippen LogP contribution in [0.4, 0.5) is 8.78 Å². The number of ether oxygens (including phenoxy) is 1. The van der Waals surface area contributed by atoms with Crippen molar-refractivity contribution in [1.82, 2.24) is 5.32 Å². The molecule has 0 saturated heterocycles. The molecule has 0 aliphatic rings. The van der Waals surface area contributed by atoms with Crippen LogP contribution in [0.1, 0.15) is 18.9 Å². The van der Waals surface area contributed by atoms with Crippen LogP contribution in [0.3, 0.4) is 0 Å². The summed E-state index contributed by atoms with van der Waals surface area (Å²) in [6.45, 7) is -1.24. The quantitative estimate of drug-likeness (QED) is 0.800. The number of alkyl halides is 2. The first-order valence-corrected chi connectivity index (χ1v) is 5.83. The summed E-state index contributed by atoms with van der Waals surface area (Å²) in [5, 5.41) is 11.9. The van der Waals surface area contributed by atoms with Gasteiger partial charge in [0, 0.05) is 0 Å². The molecule has 1 aromatic rings. The Morgan fingerprint density at radius 3 is 2.42 bits per heavy atom. The molecule has 0 aliphatic carbocycles. The third kappa shape index (κ3) is 4.48. The van der Waals surface area contributed by atoms with E-state index in [4.69, 9.17) is 5.11 Å². The molecular formula is C13H17F2NO3. The summed E-state index contributed by atoms with van der Waals surface area (Å²) in [7, 11) is 1.59. The lowest BCUT2D eigenvalue weighted by atomic mass is 9.93. The van der Waals surface area contributed by atoms with Crippen molar-refractivity contribution in [2.24, 2.45) is 0 Å². The molecule has 6 heteroatoms. The van der Waals surface area contributed by atoms with Gasteiger partial charge in [0.15, 0.2) is 0 Å². The first-order chi connectivity index (χ1) is 8.87. The van der Waals surface area contributed by atoms with E-state index in [2.05, 4.69) is 10.1 Å². The van der Waals surface area contributed by atoms with E-state index in [1.165, 1.54) is 12.1 Å². The van der Waals surface area contributed by atoms with Crippen LogP contribution in [-0.4, -0.2) is 30.3 Å². The first kappa shape index (κ1) is 15.4. The van der Waals surface area contributed by atoms with Gasteiger partial charge >= 0.3 is 12.6 Å². The van der Waals surface area contributed by atoms with Crippen molar-refractivity contribution in [3.05, 3.63) is 29.8 Å². The molecule has 0 spiro atoms. The van der Waals surface area contributed by atoms with Gasteiger partial charge in [-0.2, -0.15) is 8.78 Å². The monoisotopic (exact) mass is 273 g/mol. The van der Waals surface area contributed by atoms with E-state index >= 15 is 0 Å². The van der Waals surface area contributed by atoms with Gasteiger partial charge < -0.3 is 15.2 Å². The van der Waals surface area contributed by atoms with Crippen LogP contribution in [0.15, 0.2) is 24.3 Å². The van der Waals surface area contributed by atoms with Crippen LogP contribution in [0, 0.1) is 0 Å². The summed E-state index contributed by atoms with van der Waals surface area (Å²) >= 11 is 0. The van der Waals surface area contributed by atoms with Gasteiger partial charge in [-0.15, -0.1) is 0 Å². The van der Waals surface area contributed by atoms with Crippen molar-refractivity contribution in [2.75, 3.05) is 7.05 Å². The van der Waals surface area contributed by atoms with Gasteiger partial charge in [-0.25, -0.2) is 0 Å². The number of carboxylic acid groups (broad SMARTS) is 1. The molecule has 19 heavy (non-hydrogen) atoms. The molecule has 0 saturated carbocycles. The standard InChI is InChI=1S/C13H17F2NO3/c1-13(16-2,11(17)18)8-7-9-3-5-10(6-4-9)19-12(14)15/h3-6,12,16H,7-8H2,1-2H3,(H,17,18). The largest absolute Gasteiger partial charge is 0.480 e. The molecule has 0 aromatic heterocycles. The number of carboxylic acids is 1. The number of benzene rings is 1. The predicted octanol–water partition coefficient (Wildman–Crippen LogP) is 2.28. The fourth-order valence-corrected chi connectivity index (χ4v) is 1.57.